The molecule has 0 bridgehead atoms. The van der Waals surface area contributed by atoms with Crippen LogP contribution in [-0.4, -0.2) is 18.4 Å². The van der Waals surface area contributed by atoms with Gasteiger partial charge < -0.3 is 15.1 Å². The molecule has 0 saturated carbocycles. The number of furan rings is 1. The van der Waals surface area contributed by atoms with Gasteiger partial charge in [-0.05, 0) is 48.2 Å². The summed E-state index contributed by atoms with van der Waals surface area (Å²) in [4.78, 5) is 25.5. The summed E-state index contributed by atoms with van der Waals surface area (Å²) in [6, 6.07) is 29.2. The molecule has 1 aromatic heterocycles. The summed E-state index contributed by atoms with van der Waals surface area (Å²) in [7, 11) is 0. The van der Waals surface area contributed by atoms with Gasteiger partial charge >= 0.3 is 0 Å². The van der Waals surface area contributed by atoms with E-state index in [1.54, 1.807) is 18.2 Å². The van der Waals surface area contributed by atoms with Crippen LogP contribution in [-0.2, 0) is 0 Å². The predicted octanol–water partition coefficient (Wildman–Crippen LogP) is 5.79. The Labute approximate surface area is 193 Å². The minimum absolute atomic E-state index is 0.170. The molecule has 0 radical (unpaired) electrons. The highest BCUT2D eigenvalue weighted by Gasteiger charge is 2.19. The minimum atomic E-state index is -0.392. The number of carbonyl (C=O) groups excluding carboxylic acids is 2. The molecule has 0 aliphatic carbocycles. The fraction of sp³-hybridized carbons (Fsp3) is 0.143. The summed E-state index contributed by atoms with van der Waals surface area (Å²) >= 11 is 0. The lowest BCUT2D eigenvalue weighted by Crippen LogP contribution is -2.27. The topological polar surface area (TPSA) is 71.3 Å². The average Bonchev–Trinajstić information content (AvgIpc) is 3.39. The lowest BCUT2D eigenvalue weighted by molar-refractivity contribution is 0.0953. The van der Waals surface area contributed by atoms with E-state index in [4.69, 9.17) is 4.42 Å². The molecule has 5 nitrogen and oxygen atoms in total. The van der Waals surface area contributed by atoms with E-state index < -0.39 is 5.91 Å². The van der Waals surface area contributed by atoms with Crippen LogP contribution >= 0.6 is 0 Å². The zero-order chi connectivity index (χ0) is 23.0. The number of para-hydroxylation sites is 1. The molecular weight excluding hydrogens is 412 g/mol. The maximum Gasteiger partial charge on any atom is 0.291 e. The van der Waals surface area contributed by atoms with E-state index in [9.17, 15) is 9.59 Å². The van der Waals surface area contributed by atoms with Crippen LogP contribution in [0.5, 0.6) is 0 Å². The van der Waals surface area contributed by atoms with E-state index in [0.717, 1.165) is 12.0 Å². The first-order valence-corrected chi connectivity index (χ1v) is 11.0. The highest BCUT2D eigenvalue weighted by Crippen LogP contribution is 2.27. The number of anilines is 1. The summed E-state index contributed by atoms with van der Waals surface area (Å²) in [5, 5.41) is 5.85. The molecule has 0 saturated heterocycles. The molecule has 0 spiro atoms. The SMILES string of the molecule is Cc1cccc(C(=O)NCCC(c2ccccc2)c2ccccc2)c1NC(=O)c1ccco1. The Morgan fingerprint density at radius 2 is 1.45 bits per heavy atom. The molecule has 5 heteroatoms. The monoisotopic (exact) mass is 438 g/mol. The van der Waals surface area contributed by atoms with Crippen molar-refractivity contribution in [3.8, 4) is 0 Å². The molecular formula is C28H26N2O3. The van der Waals surface area contributed by atoms with Crippen LogP contribution in [0.2, 0.25) is 0 Å². The van der Waals surface area contributed by atoms with Crippen molar-refractivity contribution in [2.75, 3.05) is 11.9 Å². The Morgan fingerprint density at radius 1 is 0.788 bits per heavy atom. The maximum atomic E-state index is 13.1. The first-order chi connectivity index (χ1) is 16.1. The smallest absolute Gasteiger partial charge is 0.291 e. The van der Waals surface area contributed by atoms with Crippen LogP contribution in [0.4, 0.5) is 5.69 Å². The van der Waals surface area contributed by atoms with Crippen LogP contribution in [0.15, 0.2) is 102 Å². The molecule has 4 aromatic rings. The minimum Gasteiger partial charge on any atom is -0.459 e. The summed E-state index contributed by atoms with van der Waals surface area (Å²) in [6.07, 6.45) is 2.19. The van der Waals surface area contributed by atoms with Gasteiger partial charge in [0, 0.05) is 12.5 Å². The van der Waals surface area contributed by atoms with Crippen molar-refractivity contribution in [2.24, 2.45) is 0 Å². The maximum absolute atomic E-state index is 13.1. The van der Waals surface area contributed by atoms with Crippen molar-refractivity contribution >= 4 is 17.5 Å². The Hall–Kier alpha value is -4.12. The molecule has 166 valence electrons. The van der Waals surface area contributed by atoms with Crippen molar-refractivity contribution in [3.63, 3.8) is 0 Å². The Bertz CT molecular complexity index is 1160. The van der Waals surface area contributed by atoms with Gasteiger partial charge in [-0.1, -0.05) is 72.8 Å². The fourth-order valence-corrected chi connectivity index (χ4v) is 3.93. The zero-order valence-electron chi connectivity index (χ0n) is 18.5. The molecule has 0 aliphatic heterocycles. The van der Waals surface area contributed by atoms with Crippen molar-refractivity contribution < 1.29 is 14.0 Å². The number of hydrogen-bond acceptors (Lipinski definition) is 3. The molecule has 3 aromatic carbocycles. The van der Waals surface area contributed by atoms with Crippen LogP contribution in [0, 0.1) is 6.92 Å². The average molecular weight is 439 g/mol. The van der Waals surface area contributed by atoms with Gasteiger partial charge in [0.1, 0.15) is 0 Å². The number of aryl methyl sites for hydroxylation is 1. The predicted molar refractivity (Wildman–Crippen MR) is 130 cm³/mol. The van der Waals surface area contributed by atoms with E-state index >= 15 is 0 Å². The highest BCUT2D eigenvalue weighted by molar-refractivity contribution is 6.08. The number of carbonyl (C=O) groups is 2. The lowest BCUT2D eigenvalue weighted by atomic mass is 9.88. The number of rotatable bonds is 8. The van der Waals surface area contributed by atoms with E-state index in [1.807, 2.05) is 55.5 Å². The van der Waals surface area contributed by atoms with Gasteiger partial charge in [-0.2, -0.15) is 0 Å². The van der Waals surface area contributed by atoms with Gasteiger partial charge in [0.2, 0.25) is 0 Å². The number of benzene rings is 3. The zero-order valence-corrected chi connectivity index (χ0v) is 18.5. The fourth-order valence-electron chi connectivity index (χ4n) is 3.93. The van der Waals surface area contributed by atoms with Gasteiger partial charge in [-0.15, -0.1) is 0 Å². The highest BCUT2D eigenvalue weighted by atomic mass is 16.3. The van der Waals surface area contributed by atoms with Crippen LogP contribution in [0.25, 0.3) is 0 Å². The Balaban J connectivity index is 1.47. The summed E-state index contributed by atoms with van der Waals surface area (Å²) in [5.41, 5.74) is 4.12. The van der Waals surface area contributed by atoms with Gasteiger partial charge in [-0.3, -0.25) is 9.59 Å². The molecule has 0 unspecified atom stereocenters. The Morgan fingerprint density at radius 3 is 2.06 bits per heavy atom. The molecule has 0 aliphatic rings. The second kappa shape index (κ2) is 10.5. The van der Waals surface area contributed by atoms with E-state index in [2.05, 4.69) is 34.9 Å². The quantitative estimate of drug-likeness (QED) is 0.366. The van der Waals surface area contributed by atoms with E-state index in [-0.39, 0.29) is 17.6 Å². The van der Waals surface area contributed by atoms with Gasteiger partial charge in [0.25, 0.3) is 11.8 Å². The summed E-state index contributed by atoms with van der Waals surface area (Å²) in [6.45, 7) is 2.35. The van der Waals surface area contributed by atoms with Crippen LogP contribution < -0.4 is 10.6 Å². The summed E-state index contributed by atoms with van der Waals surface area (Å²) in [5.74, 6) is -0.258. The molecule has 4 rings (SSSR count). The molecule has 0 atom stereocenters. The second-order valence-corrected chi connectivity index (χ2v) is 7.85. The van der Waals surface area contributed by atoms with Gasteiger partial charge in [0.15, 0.2) is 5.76 Å². The largest absolute Gasteiger partial charge is 0.459 e. The van der Waals surface area contributed by atoms with Crippen molar-refractivity contribution in [1.82, 2.24) is 5.32 Å². The molecule has 2 amide bonds. The number of hydrogen-bond donors (Lipinski definition) is 2. The third-order valence-electron chi connectivity index (χ3n) is 5.62. The molecule has 0 fully saturated rings. The Kier molecular flexibility index (Phi) is 7.00. The molecule has 1 heterocycles. The second-order valence-electron chi connectivity index (χ2n) is 7.85. The molecule has 2 N–H and O–H groups in total. The van der Waals surface area contributed by atoms with Gasteiger partial charge in [-0.25, -0.2) is 0 Å². The standard InChI is InChI=1S/C28H26N2O3/c1-20-10-8-15-24(26(20)30-28(32)25-16-9-19-33-25)27(31)29-18-17-23(21-11-4-2-5-12-21)22-13-6-3-7-14-22/h2-16,19,23H,17-18H2,1H3,(H,29,31)(H,30,32). The van der Waals surface area contributed by atoms with Crippen LogP contribution in [0.1, 0.15) is 49.9 Å². The first kappa shape index (κ1) is 22.1. The van der Waals surface area contributed by atoms with E-state index in [1.165, 1.54) is 17.4 Å². The van der Waals surface area contributed by atoms with E-state index in [0.29, 0.717) is 17.8 Å². The van der Waals surface area contributed by atoms with Crippen LogP contribution in [0.3, 0.4) is 0 Å². The van der Waals surface area contributed by atoms with Gasteiger partial charge in [0.05, 0.1) is 17.5 Å². The molecule has 33 heavy (non-hydrogen) atoms. The summed E-state index contributed by atoms with van der Waals surface area (Å²) < 4.78 is 5.17. The number of nitrogens with one attached hydrogen (secondary N) is 2. The first-order valence-electron chi connectivity index (χ1n) is 11.0. The number of amides is 2. The third kappa shape index (κ3) is 5.39. The van der Waals surface area contributed by atoms with Crippen molar-refractivity contribution in [2.45, 2.75) is 19.3 Å². The lowest BCUT2D eigenvalue weighted by Gasteiger charge is -2.19. The normalized spacial score (nSPS) is 10.7. The van der Waals surface area contributed by atoms with Crippen molar-refractivity contribution in [1.29, 1.82) is 0 Å². The van der Waals surface area contributed by atoms with Crippen molar-refractivity contribution in [3.05, 3.63) is 125 Å². The third-order valence-corrected chi connectivity index (χ3v) is 5.62.